The quantitative estimate of drug-likeness (QED) is 0.538. The summed E-state index contributed by atoms with van der Waals surface area (Å²) in [6.07, 6.45) is 4.13. The van der Waals surface area contributed by atoms with Gasteiger partial charge in [0.05, 0.1) is 12.3 Å². The number of rotatable bonds is 7. The predicted molar refractivity (Wildman–Crippen MR) is 97.5 cm³/mol. The van der Waals surface area contributed by atoms with Crippen LogP contribution < -0.4 is 11.1 Å². The molecule has 1 aromatic carbocycles. The molecule has 0 saturated heterocycles. The van der Waals surface area contributed by atoms with Gasteiger partial charge >= 0.3 is 0 Å². The second-order valence-corrected chi connectivity index (χ2v) is 6.18. The van der Waals surface area contributed by atoms with E-state index in [-0.39, 0.29) is 6.61 Å². The number of aryl methyl sites for hydroxylation is 1. The van der Waals surface area contributed by atoms with Crippen LogP contribution in [0.2, 0.25) is 0 Å². The van der Waals surface area contributed by atoms with E-state index in [0.717, 1.165) is 24.1 Å². The van der Waals surface area contributed by atoms with Crippen molar-refractivity contribution in [3.05, 3.63) is 59.4 Å². The molecule has 0 fully saturated rings. The molecule has 5 nitrogen and oxygen atoms in total. The number of anilines is 1. The molecule has 3 aromatic rings. The molecule has 2 heterocycles. The van der Waals surface area contributed by atoms with Gasteiger partial charge < -0.3 is 21.1 Å². The predicted octanol–water partition coefficient (Wildman–Crippen LogP) is 2.75. The Morgan fingerprint density at radius 2 is 2.04 bits per heavy atom. The van der Waals surface area contributed by atoms with Gasteiger partial charge in [0.15, 0.2) is 0 Å². The highest BCUT2D eigenvalue weighted by Crippen LogP contribution is 2.19. The third kappa shape index (κ3) is 3.75. The number of para-hydroxylation sites is 1. The summed E-state index contributed by atoms with van der Waals surface area (Å²) < 4.78 is 0. The number of aliphatic hydroxyl groups excluding tert-OH is 1. The van der Waals surface area contributed by atoms with Crippen molar-refractivity contribution in [2.24, 2.45) is 0 Å². The third-order valence-electron chi connectivity index (χ3n) is 4.40. The van der Waals surface area contributed by atoms with Crippen molar-refractivity contribution in [3.8, 4) is 0 Å². The molecule has 0 aliphatic rings. The number of hydrogen-bond acceptors (Lipinski definition) is 4. The number of fused-ring (bicyclic) bond motifs is 1. The van der Waals surface area contributed by atoms with E-state index in [0.29, 0.717) is 18.4 Å². The summed E-state index contributed by atoms with van der Waals surface area (Å²) >= 11 is 0. The number of H-pyrrole nitrogens is 1. The van der Waals surface area contributed by atoms with Crippen LogP contribution in [-0.4, -0.2) is 21.1 Å². The molecule has 0 amide bonds. The summed E-state index contributed by atoms with van der Waals surface area (Å²) in [7, 11) is 0. The highest BCUT2D eigenvalue weighted by atomic mass is 16.3. The average molecular weight is 324 g/mol. The number of aromatic amines is 1. The second-order valence-electron chi connectivity index (χ2n) is 6.18. The Bertz CT molecular complexity index is 812. The third-order valence-corrected chi connectivity index (χ3v) is 4.40. The van der Waals surface area contributed by atoms with Crippen LogP contribution in [0, 0.1) is 0 Å². The van der Waals surface area contributed by atoms with Crippen LogP contribution in [0.15, 0.2) is 42.6 Å². The first kappa shape index (κ1) is 16.5. The van der Waals surface area contributed by atoms with Crippen molar-refractivity contribution in [3.63, 3.8) is 0 Å². The Hall–Kier alpha value is -2.37. The Morgan fingerprint density at radius 1 is 1.21 bits per heavy atom. The van der Waals surface area contributed by atoms with Gasteiger partial charge in [0.25, 0.3) is 0 Å². The van der Waals surface area contributed by atoms with E-state index in [4.69, 9.17) is 5.73 Å². The Morgan fingerprint density at radius 3 is 2.88 bits per heavy atom. The average Bonchev–Trinajstić information content (AvgIpc) is 3.01. The number of hydrogen-bond donors (Lipinski definition) is 4. The zero-order chi connectivity index (χ0) is 16.9. The fourth-order valence-corrected chi connectivity index (χ4v) is 2.93. The number of nitrogens with zero attached hydrogens (tertiary/aromatic N) is 1. The van der Waals surface area contributed by atoms with Crippen LogP contribution in [0.5, 0.6) is 0 Å². The molecule has 2 aromatic heterocycles. The maximum Gasteiger partial charge on any atom is 0.123 e. The summed E-state index contributed by atoms with van der Waals surface area (Å²) in [5, 5.41) is 14.2. The largest absolute Gasteiger partial charge is 0.392 e. The number of aromatic nitrogens is 2. The van der Waals surface area contributed by atoms with Crippen molar-refractivity contribution in [2.45, 2.75) is 39.0 Å². The van der Waals surface area contributed by atoms with Crippen LogP contribution in [-0.2, 0) is 19.6 Å². The first-order chi connectivity index (χ1) is 11.7. The Balaban J connectivity index is 1.56. The minimum absolute atomic E-state index is 0.0198. The minimum Gasteiger partial charge on any atom is -0.392 e. The molecular formula is C19H24N4O. The number of aliphatic hydroxyl groups is 1. The first-order valence-electron chi connectivity index (χ1n) is 8.31. The number of benzene rings is 1. The molecule has 0 aliphatic carbocycles. The molecule has 1 atom stereocenters. The van der Waals surface area contributed by atoms with Gasteiger partial charge in [-0.05, 0) is 37.5 Å². The highest BCUT2D eigenvalue weighted by Gasteiger charge is 2.09. The van der Waals surface area contributed by atoms with Gasteiger partial charge in [-0.3, -0.25) is 0 Å². The van der Waals surface area contributed by atoms with Gasteiger partial charge in [-0.25, -0.2) is 4.98 Å². The number of nitrogen functional groups attached to an aromatic ring is 1. The van der Waals surface area contributed by atoms with Gasteiger partial charge in [0, 0.05) is 35.2 Å². The van der Waals surface area contributed by atoms with Gasteiger partial charge in [0.2, 0.25) is 0 Å². The molecule has 126 valence electrons. The lowest BCUT2D eigenvalue weighted by Crippen LogP contribution is -2.27. The lowest BCUT2D eigenvalue weighted by molar-refractivity contribution is 0.279. The zero-order valence-electron chi connectivity index (χ0n) is 13.9. The van der Waals surface area contributed by atoms with E-state index in [1.165, 1.54) is 16.5 Å². The zero-order valence-corrected chi connectivity index (χ0v) is 13.9. The van der Waals surface area contributed by atoms with Crippen LogP contribution in [0.25, 0.3) is 10.9 Å². The molecule has 0 bridgehead atoms. The molecule has 0 saturated carbocycles. The van der Waals surface area contributed by atoms with Crippen molar-refractivity contribution in [2.75, 3.05) is 5.73 Å². The first-order valence-corrected chi connectivity index (χ1v) is 8.31. The summed E-state index contributed by atoms with van der Waals surface area (Å²) in [5.41, 5.74) is 9.91. The van der Waals surface area contributed by atoms with Crippen LogP contribution in [0.4, 0.5) is 5.82 Å². The summed E-state index contributed by atoms with van der Waals surface area (Å²) in [4.78, 5) is 7.64. The molecule has 0 spiro atoms. The van der Waals surface area contributed by atoms with Crippen LogP contribution >= 0.6 is 0 Å². The summed E-state index contributed by atoms with van der Waals surface area (Å²) in [6.45, 7) is 2.75. The monoisotopic (exact) mass is 324 g/mol. The molecule has 5 N–H and O–H groups in total. The molecule has 24 heavy (non-hydrogen) atoms. The van der Waals surface area contributed by atoms with Crippen molar-refractivity contribution >= 4 is 16.7 Å². The van der Waals surface area contributed by atoms with Crippen molar-refractivity contribution in [1.82, 2.24) is 15.3 Å². The molecular weight excluding hydrogens is 300 g/mol. The molecule has 5 heteroatoms. The van der Waals surface area contributed by atoms with E-state index < -0.39 is 0 Å². The van der Waals surface area contributed by atoms with E-state index >= 15 is 0 Å². The van der Waals surface area contributed by atoms with Crippen LogP contribution in [0.3, 0.4) is 0 Å². The molecule has 0 radical (unpaired) electrons. The van der Waals surface area contributed by atoms with Crippen molar-refractivity contribution < 1.29 is 5.11 Å². The maximum absolute atomic E-state index is 9.39. The number of nitrogens with two attached hydrogens (primary N) is 1. The summed E-state index contributed by atoms with van der Waals surface area (Å²) in [5.74, 6) is 0.482. The minimum atomic E-state index is -0.0198. The Kier molecular flexibility index (Phi) is 5.13. The normalized spacial score (nSPS) is 12.6. The maximum atomic E-state index is 9.39. The summed E-state index contributed by atoms with van der Waals surface area (Å²) in [6, 6.07) is 12.3. The lowest BCUT2D eigenvalue weighted by atomic mass is 10.1. The van der Waals surface area contributed by atoms with Crippen LogP contribution in [0.1, 0.15) is 30.2 Å². The van der Waals surface area contributed by atoms with E-state index in [1.807, 2.05) is 12.1 Å². The van der Waals surface area contributed by atoms with E-state index in [1.54, 1.807) is 6.07 Å². The van der Waals surface area contributed by atoms with Gasteiger partial charge in [0.1, 0.15) is 5.82 Å². The SMILES string of the molecule is CC(CCc1c[nH]c2ccccc12)NCc1nc(N)ccc1CO. The number of nitrogens with one attached hydrogen (secondary N) is 2. The fourth-order valence-electron chi connectivity index (χ4n) is 2.93. The second kappa shape index (κ2) is 7.47. The van der Waals surface area contributed by atoms with E-state index in [2.05, 4.69) is 46.6 Å². The number of pyridine rings is 1. The molecule has 3 rings (SSSR count). The molecule has 0 aliphatic heterocycles. The highest BCUT2D eigenvalue weighted by molar-refractivity contribution is 5.82. The van der Waals surface area contributed by atoms with Crippen molar-refractivity contribution in [1.29, 1.82) is 0 Å². The standard InChI is InChI=1S/C19H24N4O/c1-13(21-11-18-15(12-24)8-9-19(20)23-18)6-7-14-10-22-17-5-3-2-4-16(14)17/h2-5,8-10,13,21-22,24H,6-7,11-12H2,1H3,(H2,20,23). The fraction of sp³-hybridized carbons (Fsp3) is 0.316. The van der Waals surface area contributed by atoms with Gasteiger partial charge in [-0.1, -0.05) is 24.3 Å². The van der Waals surface area contributed by atoms with E-state index in [9.17, 15) is 5.11 Å². The Labute approximate surface area is 141 Å². The topological polar surface area (TPSA) is 87.0 Å². The molecule has 1 unspecified atom stereocenters. The van der Waals surface area contributed by atoms with Gasteiger partial charge in [-0.2, -0.15) is 0 Å². The smallest absolute Gasteiger partial charge is 0.123 e. The lowest BCUT2D eigenvalue weighted by Gasteiger charge is -2.15. The van der Waals surface area contributed by atoms with Gasteiger partial charge in [-0.15, -0.1) is 0 Å².